The van der Waals surface area contributed by atoms with Crippen LogP contribution >= 0.6 is 0 Å². The third-order valence-corrected chi connectivity index (χ3v) is 6.52. The Balaban J connectivity index is 1.25. The van der Waals surface area contributed by atoms with Crippen LogP contribution in [-0.4, -0.2) is 43.8 Å². The van der Waals surface area contributed by atoms with E-state index in [1.54, 1.807) is 18.2 Å². The molecule has 0 fully saturated rings. The first-order valence-corrected chi connectivity index (χ1v) is 12.0. The van der Waals surface area contributed by atoms with Crippen LogP contribution in [0.25, 0.3) is 11.0 Å². The number of benzene rings is 3. The molecule has 1 atom stereocenters. The van der Waals surface area contributed by atoms with Gasteiger partial charge in [0, 0.05) is 24.0 Å². The number of aromatic amines is 1. The number of hydrogen-bond donors (Lipinski definition) is 3. The van der Waals surface area contributed by atoms with E-state index in [0.717, 1.165) is 28.0 Å². The van der Waals surface area contributed by atoms with E-state index in [4.69, 9.17) is 15.6 Å². The molecule has 2 amide bonds. The number of carbonyl (C=O) groups excluding carboxylic acids is 2. The highest BCUT2D eigenvalue weighted by Gasteiger charge is 2.37. The lowest BCUT2D eigenvalue weighted by molar-refractivity contribution is -0.137. The van der Waals surface area contributed by atoms with Crippen LogP contribution in [0.4, 0.5) is 0 Å². The Morgan fingerprint density at radius 3 is 2.54 bits per heavy atom. The fourth-order valence-corrected chi connectivity index (χ4v) is 4.62. The third kappa shape index (κ3) is 5.16. The van der Waals surface area contributed by atoms with E-state index >= 15 is 0 Å². The van der Waals surface area contributed by atoms with E-state index in [9.17, 15) is 14.4 Å². The maximum Gasteiger partial charge on any atom is 0.303 e. The van der Waals surface area contributed by atoms with E-state index in [-0.39, 0.29) is 25.3 Å². The minimum Gasteiger partial charge on any atom is -0.489 e. The second-order valence-corrected chi connectivity index (χ2v) is 9.05. The zero-order valence-electron chi connectivity index (χ0n) is 20.0. The van der Waals surface area contributed by atoms with E-state index < -0.39 is 17.9 Å². The zero-order chi connectivity index (χ0) is 25.9. The van der Waals surface area contributed by atoms with E-state index in [1.165, 1.54) is 4.90 Å². The van der Waals surface area contributed by atoms with Crippen LogP contribution in [0.2, 0.25) is 0 Å². The van der Waals surface area contributed by atoms with Crippen molar-refractivity contribution in [1.29, 1.82) is 0 Å². The van der Waals surface area contributed by atoms with Crippen molar-refractivity contribution in [3.63, 3.8) is 0 Å². The highest BCUT2D eigenvalue weighted by molar-refractivity contribution is 6.01. The molecule has 0 saturated heterocycles. The molecule has 0 spiro atoms. The van der Waals surface area contributed by atoms with Gasteiger partial charge in [-0.3, -0.25) is 14.4 Å². The Morgan fingerprint density at radius 2 is 1.81 bits per heavy atom. The van der Waals surface area contributed by atoms with Crippen molar-refractivity contribution >= 4 is 28.8 Å². The molecule has 1 aromatic heterocycles. The monoisotopic (exact) mass is 498 g/mol. The first-order chi connectivity index (χ1) is 17.9. The first-order valence-electron chi connectivity index (χ1n) is 12.0. The average Bonchev–Trinajstić information content (AvgIpc) is 3.44. The van der Waals surface area contributed by atoms with Gasteiger partial charge in [0.05, 0.1) is 17.6 Å². The highest BCUT2D eigenvalue weighted by atomic mass is 16.5. The molecule has 1 aliphatic rings. The van der Waals surface area contributed by atoms with Gasteiger partial charge < -0.3 is 25.5 Å². The van der Waals surface area contributed by atoms with Crippen LogP contribution in [0.3, 0.4) is 0 Å². The molecule has 37 heavy (non-hydrogen) atoms. The number of nitrogens with zero attached hydrogens (tertiary/aromatic N) is 2. The number of carboxylic acids is 1. The number of ether oxygens (including phenoxy) is 1. The number of aliphatic carboxylic acids is 1. The Bertz CT molecular complexity index is 1440. The van der Waals surface area contributed by atoms with Gasteiger partial charge in [-0.05, 0) is 41.8 Å². The molecule has 0 bridgehead atoms. The van der Waals surface area contributed by atoms with Crippen LogP contribution in [-0.2, 0) is 29.2 Å². The SMILES string of the molecule is NC(=O)C(CCC(=O)O)N1Cc2c(OCc3ccc(Cc4nc5ccccc5[nH]4)cc3)cccc2C1=O. The maximum atomic E-state index is 13.0. The molecule has 9 heteroatoms. The van der Waals surface area contributed by atoms with Crippen molar-refractivity contribution < 1.29 is 24.2 Å². The second kappa shape index (κ2) is 10.1. The molecule has 1 aliphatic heterocycles. The van der Waals surface area contributed by atoms with Gasteiger partial charge in [0.2, 0.25) is 5.91 Å². The number of nitrogens with one attached hydrogen (secondary N) is 1. The minimum atomic E-state index is -1.05. The summed E-state index contributed by atoms with van der Waals surface area (Å²) in [6.07, 6.45) is 0.382. The third-order valence-electron chi connectivity index (χ3n) is 6.52. The molecule has 0 radical (unpaired) electrons. The van der Waals surface area contributed by atoms with Gasteiger partial charge in [0.25, 0.3) is 5.91 Å². The van der Waals surface area contributed by atoms with Gasteiger partial charge in [0.15, 0.2) is 0 Å². The summed E-state index contributed by atoms with van der Waals surface area (Å²) >= 11 is 0. The standard InChI is InChI=1S/C28H26N4O5/c29-27(35)23(12-13-26(33)34)32-15-20-19(28(32)36)4-3-7-24(20)37-16-18-10-8-17(9-11-18)14-25-30-21-5-1-2-6-22(21)31-25/h1-11,23H,12-16H2,(H2,29,35)(H,30,31)(H,33,34). The molecule has 9 nitrogen and oxygen atoms in total. The Kier molecular flexibility index (Phi) is 6.59. The molecule has 0 saturated carbocycles. The van der Waals surface area contributed by atoms with Gasteiger partial charge in [0.1, 0.15) is 24.2 Å². The number of carboxylic acid groups (broad SMARTS) is 1. The Morgan fingerprint density at radius 1 is 1.05 bits per heavy atom. The number of primary amides is 1. The molecule has 5 rings (SSSR count). The van der Waals surface area contributed by atoms with Crippen LogP contribution in [0.5, 0.6) is 5.75 Å². The molecule has 0 aliphatic carbocycles. The van der Waals surface area contributed by atoms with Crippen molar-refractivity contribution in [3.8, 4) is 5.75 Å². The van der Waals surface area contributed by atoms with Gasteiger partial charge in [-0.2, -0.15) is 0 Å². The molecule has 4 aromatic rings. The van der Waals surface area contributed by atoms with Crippen LogP contribution < -0.4 is 10.5 Å². The smallest absolute Gasteiger partial charge is 0.303 e. The summed E-state index contributed by atoms with van der Waals surface area (Å²) in [4.78, 5) is 45.2. The molecule has 1 unspecified atom stereocenters. The van der Waals surface area contributed by atoms with E-state index in [2.05, 4.69) is 9.97 Å². The fraction of sp³-hybridized carbons (Fsp3) is 0.214. The number of fused-ring (bicyclic) bond motifs is 2. The second-order valence-electron chi connectivity index (χ2n) is 9.05. The highest BCUT2D eigenvalue weighted by Crippen LogP contribution is 2.33. The lowest BCUT2D eigenvalue weighted by Gasteiger charge is -2.24. The van der Waals surface area contributed by atoms with Crippen molar-refractivity contribution in [2.45, 2.75) is 38.5 Å². The summed E-state index contributed by atoms with van der Waals surface area (Å²) in [5.74, 6) is -0.696. The molecule has 4 N–H and O–H groups in total. The molecule has 188 valence electrons. The minimum absolute atomic E-state index is 0.0407. The van der Waals surface area contributed by atoms with Crippen molar-refractivity contribution in [1.82, 2.24) is 14.9 Å². The predicted molar refractivity (Wildman–Crippen MR) is 136 cm³/mol. The van der Waals surface area contributed by atoms with E-state index in [1.807, 2.05) is 48.5 Å². The van der Waals surface area contributed by atoms with Crippen molar-refractivity contribution in [3.05, 3.63) is 94.8 Å². The van der Waals surface area contributed by atoms with Crippen molar-refractivity contribution in [2.24, 2.45) is 5.73 Å². The van der Waals surface area contributed by atoms with Gasteiger partial charge in [-0.15, -0.1) is 0 Å². The largest absolute Gasteiger partial charge is 0.489 e. The van der Waals surface area contributed by atoms with Crippen LogP contribution in [0.15, 0.2) is 66.7 Å². The lowest BCUT2D eigenvalue weighted by Crippen LogP contribution is -2.45. The summed E-state index contributed by atoms with van der Waals surface area (Å²) in [6.45, 7) is 0.432. The number of rotatable bonds is 10. The topological polar surface area (TPSA) is 139 Å². The quantitative estimate of drug-likeness (QED) is 0.306. The molecular weight excluding hydrogens is 472 g/mol. The summed E-state index contributed by atoms with van der Waals surface area (Å²) in [6, 6.07) is 20.2. The Hall–Kier alpha value is -4.66. The molecule has 2 heterocycles. The average molecular weight is 499 g/mol. The summed E-state index contributed by atoms with van der Waals surface area (Å²) < 4.78 is 6.06. The van der Waals surface area contributed by atoms with E-state index in [0.29, 0.717) is 29.9 Å². The van der Waals surface area contributed by atoms with Crippen LogP contribution in [0, 0.1) is 0 Å². The fourth-order valence-electron chi connectivity index (χ4n) is 4.62. The summed E-state index contributed by atoms with van der Waals surface area (Å²) in [7, 11) is 0. The summed E-state index contributed by atoms with van der Waals surface area (Å²) in [5, 5.41) is 8.99. The Labute approximate surface area is 212 Å². The van der Waals surface area contributed by atoms with Gasteiger partial charge in [-0.1, -0.05) is 42.5 Å². The normalized spacial score (nSPS) is 13.5. The number of imidazole rings is 1. The van der Waals surface area contributed by atoms with Gasteiger partial charge in [-0.25, -0.2) is 4.98 Å². The molecule has 3 aromatic carbocycles. The number of amides is 2. The summed E-state index contributed by atoms with van der Waals surface area (Å²) in [5.41, 5.74) is 10.6. The zero-order valence-corrected chi connectivity index (χ0v) is 20.0. The molecular formula is C28H26N4O5. The number of para-hydroxylation sites is 2. The number of aromatic nitrogens is 2. The number of hydrogen-bond acceptors (Lipinski definition) is 5. The first kappa shape index (κ1) is 24.1. The van der Waals surface area contributed by atoms with Crippen LogP contribution in [0.1, 0.15) is 45.7 Å². The predicted octanol–water partition coefficient (Wildman–Crippen LogP) is 3.41. The van der Waals surface area contributed by atoms with Crippen molar-refractivity contribution in [2.75, 3.05) is 0 Å². The van der Waals surface area contributed by atoms with Gasteiger partial charge >= 0.3 is 5.97 Å². The maximum absolute atomic E-state index is 13.0. The number of H-pyrrole nitrogens is 1. The number of nitrogens with two attached hydrogens (primary N) is 1. The number of carbonyl (C=O) groups is 3. The lowest BCUT2D eigenvalue weighted by atomic mass is 10.1.